The van der Waals surface area contributed by atoms with E-state index in [9.17, 15) is 14.0 Å². The van der Waals surface area contributed by atoms with Gasteiger partial charge in [0.25, 0.3) is 17.3 Å². The molecule has 1 aliphatic heterocycles. The van der Waals surface area contributed by atoms with E-state index in [4.69, 9.17) is 13.6 Å². The number of ether oxygens (including phenoxy) is 2. The Balaban J connectivity index is 1.78. The van der Waals surface area contributed by atoms with Gasteiger partial charge in [0.15, 0.2) is 11.6 Å². The van der Waals surface area contributed by atoms with Crippen LogP contribution >= 0.6 is 0 Å². The van der Waals surface area contributed by atoms with Crippen LogP contribution in [0.4, 0.5) is 8.78 Å². The lowest BCUT2D eigenvalue weighted by Crippen LogP contribution is -2.39. The van der Waals surface area contributed by atoms with Gasteiger partial charge in [-0.15, -0.1) is 0 Å². The van der Waals surface area contributed by atoms with Crippen LogP contribution in [0.5, 0.6) is 11.6 Å². The number of halogens is 2. The third-order valence-corrected chi connectivity index (χ3v) is 6.81. The van der Waals surface area contributed by atoms with Gasteiger partial charge in [0.1, 0.15) is 11.7 Å². The highest BCUT2D eigenvalue weighted by molar-refractivity contribution is 6.06. The molecule has 1 aliphatic rings. The van der Waals surface area contributed by atoms with Crippen LogP contribution in [0.15, 0.2) is 35.3 Å². The van der Waals surface area contributed by atoms with Crippen LogP contribution < -0.4 is 15.0 Å². The SMILES string of the molecule is [2H]C([2H])([2H])Oc1cc2c(C(=O)N3CCC(F)CC3)cn(-c3ccc4c(cc(C)n4C)c3F)c(=O)c2nc1OC. The summed E-state index contributed by atoms with van der Waals surface area (Å²) in [5, 5.41) is 0.296. The van der Waals surface area contributed by atoms with E-state index in [0.717, 1.165) is 10.3 Å². The molecule has 4 heterocycles. The van der Waals surface area contributed by atoms with E-state index in [1.54, 1.807) is 19.2 Å². The molecule has 0 aliphatic carbocycles. The molecule has 4 aromatic rings. The molecule has 8 nitrogen and oxygen atoms in total. The fraction of sp³-hybridized carbons (Fsp3) is 0.346. The number of methoxy groups -OCH3 is 2. The van der Waals surface area contributed by atoms with Crippen molar-refractivity contribution in [2.75, 3.05) is 27.2 Å². The lowest BCUT2D eigenvalue weighted by molar-refractivity contribution is 0.0668. The summed E-state index contributed by atoms with van der Waals surface area (Å²) in [7, 11) is 0.156. The third-order valence-electron chi connectivity index (χ3n) is 6.81. The van der Waals surface area contributed by atoms with Gasteiger partial charge < -0.3 is 18.9 Å². The number of amides is 1. The van der Waals surface area contributed by atoms with E-state index in [0.29, 0.717) is 10.9 Å². The average molecular weight is 500 g/mol. The summed E-state index contributed by atoms with van der Waals surface area (Å²) >= 11 is 0. The second-order valence-electron chi connectivity index (χ2n) is 8.85. The van der Waals surface area contributed by atoms with Crippen molar-refractivity contribution in [3.05, 3.63) is 57.9 Å². The molecule has 0 N–H and O–H groups in total. The molecule has 188 valence electrons. The zero-order valence-electron chi connectivity index (χ0n) is 23.0. The highest BCUT2D eigenvalue weighted by Gasteiger charge is 2.28. The first-order chi connectivity index (χ1) is 18.4. The Bertz CT molecular complexity index is 1670. The number of hydrogen-bond donors (Lipinski definition) is 0. The van der Waals surface area contributed by atoms with Crippen molar-refractivity contribution in [2.45, 2.75) is 25.9 Å². The van der Waals surface area contributed by atoms with Crippen LogP contribution in [-0.2, 0) is 7.05 Å². The van der Waals surface area contributed by atoms with Crippen molar-refractivity contribution in [2.24, 2.45) is 7.05 Å². The minimum absolute atomic E-state index is 0.000661. The van der Waals surface area contributed by atoms with Gasteiger partial charge >= 0.3 is 0 Å². The minimum atomic E-state index is -2.86. The molecule has 36 heavy (non-hydrogen) atoms. The van der Waals surface area contributed by atoms with Gasteiger partial charge in [-0.2, -0.15) is 0 Å². The summed E-state index contributed by atoms with van der Waals surface area (Å²) in [5.74, 6) is -1.79. The summed E-state index contributed by atoms with van der Waals surface area (Å²) in [4.78, 5) is 33.0. The van der Waals surface area contributed by atoms with Crippen LogP contribution in [0.25, 0.3) is 27.5 Å². The molecule has 0 unspecified atom stereocenters. The molecule has 1 fully saturated rings. The Morgan fingerprint density at radius 2 is 1.94 bits per heavy atom. The van der Waals surface area contributed by atoms with Crippen molar-refractivity contribution >= 4 is 27.7 Å². The zero-order chi connectivity index (χ0) is 28.2. The van der Waals surface area contributed by atoms with E-state index >= 15 is 4.39 Å². The summed E-state index contributed by atoms with van der Waals surface area (Å²) in [6.07, 6.45) is 0.491. The summed E-state index contributed by atoms with van der Waals surface area (Å²) in [6, 6.07) is 5.98. The van der Waals surface area contributed by atoms with Crippen LogP contribution in [0.3, 0.4) is 0 Å². The molecule has 0 radical (unpaired) electrons. The maximum Gasteiger partial charge on any atom is 0.281 e. The van der Waals surface area contributed by atoms with E-state index in [1.165, 1.54) is 30.3 Å². The number of hydrogen-bond acceptors (Lipinski definition) is 5. The van der Waals surface area contributed by atoms with E-state index in [2.05, 4.69) is 4.98 Å². The van der Waals surface area contributed by atoms with Gasteiger partial charge in [-0.1, -0.05) is 0 Å². The monoisotopic (exact) mass is 499 g/mol. The molecule has 5 rings (SSSR count). The topological polar surface area (TPSA) is 78.6 Å². The van der Waals surface area contributed by atoms with E-state index in [-0.39, 0.29) is 59.7 Å². The van der Waals surface area contributed by atoms with Gasteiger partial charge in [0.2, 0.25) is 0 Å². The van der Waals surface area contributed by atoms with Crippen molar-refractivity contribution in [1.82, 2.24) is 19.0 Å². The molecule has 0 spiro atoms. The number of aromatic nitrogens is 3. The highest BCUT2D eigenvalue weighted by atomic mass is 19.1. The van der Waals surface area contributed by atoms with Crippen LogP contribution in [0, 0.1) is 12.7 Å². The number of nitrogens with zero attached hydrogens (tertiary/aromatic N) is 4. The van der Waals surface area contributed by atoms with Crippen molar-refractivity contribution in [3.8, 4) is 17.3 Å². The zero-order valence-corrected chi connectivity index (χ0v) is 20.0. The summed E-state index contributed by atoms with van der Waals surface area (Å²) in [5.41, 5.74) is 0.288. The van der Waals surface area contributed by atoms with Gasteiger partial charge in [-0.25, -0.2) is 13.8 Å². The van der Waals surface area contributed by atoms with Crippen LogP contribution in [-0.4, -0.2) is 58.3 Å². The molecule has 10 heteroatoms. The predicted molar refractivity (Wildman–Crippen MR) is 132 cm³/mol. The molecular weight excluding hydrogens is 470 g/mol. The van der Waals surface area contributed by atoms with E-state index in [1.807, 2.05) is 11.5 Å². The molecule has 0 saturated carbocycles. The highest BCUT2D eigenvalue weighted by Crippen LogP contribution is 2.32. The number of piperidine rings is 1. The van der Waals surface area contributed by atoms with Crippen LogP contribution in [0.1, 0.15) is 33.0 Å². The number of carbonyl (C=O) groups excluding carboxylic acids is 1. The fourth-order valence-electron chi connectivity index (χ4n) is 4.69. The smallest absolute Gasteiger partial charge is 0.281 e. The summed E-state index contributed by atoms with van der Waals surface area (Å²) < 4.78 is 65.0. The first-order valence-electron chi connectivity index (χ1n) is 12.9. The van der Waals surface area contributed by atoms with Crippen LogP contribution in [0.2, 0.25) is 0 Å². The quantitative estimate of drug-likeness (QED) is 0.425. The predicted octanol–water partition coefficient (Wildman–Crippen LogP) is 3.92. The number of aryl methyl sites for hydroxylation is 2. The molecular formula is C26H26F2N4O4. The Hall–Kier alpha value is -3.95. The lowest BCUT2D eigenvalue weighted by atomic mass is 10.1. The largest absolute Gasteiger partial charge is 0.491 e. The number of benzene rings is 1. The van der Waals surface area contributed by atoms with Gasteiger partial charge in [0.05, 0.1) is 35.0 Å². The Morgan fingerprint density at radius 1 is 1.19 bits per heavy atom. The number of carbonyl (C=O) groups is 1. The number of rotatable bonds is 4. The minimum Gasteiger partial charge on any atom is -0.491 e. The Labute approximate surface area is 209 Å². The first-order valence-corrected chi connectivity index (χ1v) is 11.4. The molecule has 0 atom stereocenters. The number of fused-ring (bicyclic) bond motifs is 2. The number of likely N-dealkylation sites (tertiary alicyclic amines) is 1. The summed E-state index contributed by atoms with van der Waals surface area (Å²) in [6.45, 7) is 2.12. The molecule has 1 saturated heterocycles. The normalized spacial score (nSPS) is 16.1. The van der Waals surface area contributed by atoms with Gasteiger partial charge in [0, 0.05) is 42.8 Å². The van der Waals surface area contributed by atoms with Crippen molar-refractivity contribution < 1.29 is 27.2 Å². The van der Waals surface area contributed by atoms with E-state index < -0.39 is 30.5 Å². The van der Waals surface area contributed by atoms with Crippen molar-refractivity contribution in [3.63, 3.8) is 0 Å². The lowest BCUT2D eigenvalue weighted by Gasteiger charge is -2.29. The van der Waals surface area contributed by atoms with Crippen molar-refractivity contribution in [1.29, 1.82) is 0 Å². The van der Waals surface area contributed by atoms with Gasteiger partial charge in [-0.3, -0.25) is 14.2 Å². The fourth-order valence-corrected chi connectivity index (χ4v) is 4.69. The maximum absolute atomic E-state index is 15.8. The standard InChI is InChI=1S/C26H26F2N4O4/c1-14-11-17-19(30(14)2)5-6-20(22(17)28)32-13-18(25(33)31-9-7-15(27)8-10-31)16-12-21(35-3)24(36-4)29-23(16)26(32)34/h5-6,11-13,15H,7-10H2,1-4H3/i3D3. The van der Waals surface area contributed by atoms with Gasteiger partial charge in [-0.05, 0) is 44.0 Å². The number of pyridine rings is 2. The Morgan fingerprint density at radius 3 is 2.64 bits per heavy atom. The third kappa shape index (κ3) is 3.68. The molecule has 3 aromatic heterocycles. The maximum atomic E-state index is 15.8. The Kier molecular flexibility index (Phi) is 5.02. The first kappa shape index (κ1) is 20.3. The average Bonchev–Trinajstić information content (AvgIpc) is 3.18. The second kappa shape index (κ2) is 8.92. The molecule has 1 amide bonds. The molecule has 1 aromatic carbocycles. The molecule has 0 bridgehead atoms. The second-order valence-corrected chi connectivity index (χ2v) is 8.85. The number of alkyl halides is 1.